The minimum absolute atomic E-state index is 0.134. The van der Waals surface area contributed by atoms with Crippen LogP contribution in [0.25, 0.3) is 0 Å². The van der Waals surface area contributed by atoms with Gasteiger partial charge in [0.1, 0.15) is 19.0 Å². The first-order valence-electron chi connectivity index (χ1n) is 3.43. The second-order valence-electron chi connectivity index (χ2n) is 2.09. The van der Waals surface area contributed by atoms with E-state index in [0.717, 1.165) is 16.7 Å². The van der Waals surface area contributed by atoms with Crippen LogP contribution in [-0.4, -0.2) is 13.3 Å². The number of ether oxygens (including phenoxy) is 1. The van der Waals surface area contributed by atoms with Crippen molar-refractivity contribution in [3.05, 3.63) is 28.8 Å². The number of hydrogen-bond acceptors (Lipinski definition) is 1. The molecular weight excluding hydrogens is 211 g/mol. The zero-order valence-electron chi connectivity index (χ0n) is 6.02. The minimum Gasteiger partial charge on any atom is -0.490 e. The van der Waals surface area contributed by atoms with Crippen molar-refractivity contribution in [2.75, 3.05) is 13.3 Å². The van der Waals surface area contributed by atoms with Crippen LogP contribution in [-0.2, 0) is 4.74 Å². The molecule has 0 amide bonds. The Balaban J connectivity index is 2.43. The molecule has 0 saturated heterocycles. The maximum absolute atomic E-state index is 11.7. The normalized spacial score (nSPS) is 17.3. The fourth-order valence-corrected chi connectivity index (χ4v) is 1.27. The first-order valence-corrected chi connectivity index (χ1v) is 4.22. The molecule has 1 rings (SSSR count). The molecule has 0 aromatic rings. The third kappa shape index (κ3) is 2.66. The summed E-state index contributed by atoms with van der Waals surface area (Å²) >= 11 is 3.30. The smallest absolute Gasteiger partial charge is 0.129 e. The maximum atomic E-state index is 11.7. The average Bonchev–Trinajstić information content (AvgIpc) is 2.03. The van der Waals surface area contributed by atoms with E-state index in [0.29, 0.717) is 0 Å². The molecule has 0 bridgehead atoms. The van der Waals surface area contributed by atoms with E-state index in [9.17, 15) is 4.39 Å². The summed E-state index contributed by atoms with van der Waals surface area (Å²) in [6.45, 7) is -0.309. The quantitative estimate of drug-likeness (QED) is 0.710. The third-order valence-electron chi connectivity index (χ3n) is 1.27. The molecule has 0 atom stereocenters. The predicted molar refractivity (Wildman–Crippen MR) is 45.9 cm³/mol. The van der Waals surface area contributed by atoms with Crippen LogP contribution in [0.15, 0.2) is 22.4 Å². The number of hydrogen-bond donors (Lipinski definition) is 0. The Morgan fingerprint density at radius 3 is 3.09 bits per heavy atom. The lowest BCUT2D eigenvalue weighted by Crippen LogP contribution is -1.99. The van der Waals surface area contributed by atoms with Gasteiger partial charge in [0.05, 0.1) is 4.48 Å². The maximum Gasteiger partial charge on any atom is 0.129 e. The van der Waals surface area contributed by atoms with E-state index in [1.807, 2.05) is 18.6 Å². The van der Waals surface area contributed by atoms with Crippen LogP contribution in [0, 0.1) is 6.42 Å². The highest BCUT2D eigenvalue weighted by Crippen LogP contribution is 2.23. The van der Waals surface area contributed by atoms with Gasteiger partial charge in [-0.25, -0.2) is 4.39 Å². The van der Waals surface area contributed by atoms with E-state index in [1.165, 1.54) is 0 Å². The molecule has 0 spiro atoms. The Kier molecular flexibility index (Phi) is 3.63. The molecule has 1 radical (unpaired) electrons. The molecule has 61 valence electrons. The Morgan fingerprint density at radius 1 is 1.64 bits per heavy atom. The van der Waals surface area contributed by atoms with Crippen LogP contribution in [0.5, 0.6) is 0 Å². The molecule has 0 heterocycles. The van der Waals surface area contributed by atoms with Gasteiger partial charge >= 0.3 is 0 Å². The molecule has 3 heteroatoms. The molecule has 0 saturated carbocycles. The van der Waals surface area contributed by atoms with Crippen LogP contribution in [0.1, 0.15) is 6.42 Å². The number of alkyl halides is 1. The van der Waals surface area contributed by atoms with Crippen LogP contribution < -0.4 is 0 Å². The highest BCUT2D eigenvalue weighted by Gasteiger charge is 2.06. The van der Waals surface area contributed by atoms with Crippen LogP contribution in [0.2, 0.25) is 0 Å². The minimum atomic E-state index is -0.443. The van der Waals surface area contributed by atoms with Gasteiger partial charge in [-0.1, -0.05) is 6.08 Å². The predicted octanol–water partition coefficient (Wildman–Crippen LogP) is 2.74. The van der Waals surface area contributed by atoms with Gasteiger partial charge in [-0.15, -0.1) is 0 Å². The molecule has 0 unspecified atom stereocenters. The summed E-state index contributed by atoms with van der Waals surface area (Å²) in [7, 11) is 0. The molecule has 1 nitrogen and oxygen atoms in total. The Bertz CT molecular complexity index is 187. The van der Waals surface area contributed by atoms with Gasteiger partial charge in [-0.2, -0.15) is 0 Å². The van der Waals surface area contributed by atoms with Gasteiger partial charge in [0.15, 0.2) is 0 Å². The zero-order valence-corrected chi connectivity index (χ0v) is 7.60. The first-order chi connectivity index (χ1) is 5.34. The van der Waals surface area contributed by atoms with Crippen molar-refractivity contribution in [1.29, 1.82) is 0 Å². The van der Waals surface area contributed by atoms with Gasteiger partial charge in [0.2, 0.25) is 0 Å². The fraction of sp³-hybridized carbons (Fsp3) is 0.375. The summed E-state index contributed by atoms with van der Waals surface area (Å²) in [4.78, 5) is 0. The van der Waals surface area contributed by atoms with Crippen molar-refractivity contribution in [2.24, 2.45) is 0 Å². The molecule has 0 aromatic carbocycles. The lowest BCUT2D eigenvalue weighted by Gasteiger charge is -2.11. The summed E-state index contributed by atoms with van der Waals surface area (Å²) in [5.41, 5.74) is 0. The number of rotatable bonds is 3. The fourth-order valence-electron chi connectivity index (χ4n) is 0.803. The third-order valence-corrected chi connectivity index (χ3v) is 1.93. The molecule has 0 fully saturated rings. The second kappa shape index (κ2) is 4.54. The lowest BCUT2D eigenvalue weighted by atomic mass is 10.2. The first kappa shape index (κ1) is 8.78. The van der Waals surface area contributed by atoms with E-state index in [-0.39, 0.29) is 6.61 Å². The Hall–Kier alpha value is -0.310. The van der Waals surface area contributed by atoms with Crippen molar-refractivity contribution in [2.45, 2.75) is 6.42 Å². The molecule has 1 aliphatic carbocycles. The van der Waals surface area contributed by atoms with Crippen molar-refractivity contribution in [3.8, 4) is 0 Å². The van der Waals surface area contributed by atoms with Crippen LogP contribution in [0.3, 0.4) is 0 Å². The average molecular weight is 220 g/mol. The molecule has 0 N–H and O–H groups in total. The summed E-state index contributed by atoms with van der Waals surface area (Å²) in [6.07, 6.45) is 6.69. The summed E-state index contributed by atoms with van der Waals surface area (Å²) in [5, 5.41) is 0. The number of halogens is 2. The highest BCUT2D eigenvalue weighted by atomic mass is 79.9. The van der Waals surface area contributed by atoms with E-state index < -0.39 is 6.67 Å². The van der Waals surface area contributed by atoms with E-state index >= 15 is 0 Å². The highest BCUT2D eigenvalue weighted by molar-refractivity contribution is 9.11. The summed E-state index contributed by atoms with van der Waals surface area (Å²) < 4.78 is 17.7. The second-order valence-corrected chi connectivity index (χ2v) is 2.95. The molecule has 1 aliphatic rings. The van der Waals surface area contributed by atoms with Gasteiger partial charge < -0.3 is 4.74 Å². The standard InChI is InChI=1S/C8H9BrFO/c9-7-3-1-2-4-8(7)11-6-5-10/h1,3-4H,2,5-6H2. The monoisotopic (exact) mass is 219 g/mol. The molecule has 11 heavy (non-hydrogen) atoms. The SMILES string of the molecule is FCCOC1=CC[CH]C=C1Br. The Labute approximate surface area is 74.1 Å². The van der Waals surface area contributed by atoms with Gasteiger partial charge in [-0.3, -0.25) is 0 Å². The lowest BCUT2D eigenvalue weighted by molar-refractivity contribution is 0.195. The topological polar surface area (TPSA) is 9.23 Å². The number of allylic oxidation sites excluding steroid dienone is 3. The van der Waals surface area contributed by atoms with Crippen molar-refractivity contribution in [3.63, 3.8) is 0 Å². The van der Waals surface area contributed by atoms with Crippen LogP contribution >= 0.6 is 15.9 Å². The van der Waals surface area contributed by atoms with E-state index in [1.54, 1.807) is 0 Å². The molecule has 0 aliphatic heterocycles. The van der Waals surface area contributed by atoms with Crippen LogP contribution in [0.4, 0.5) is 4.39 Å². The molecule has 0 aromatic heterocycles. The molecular formula is C8H9BrFO. The summed E-state index contributed by atoms with van der Waals surface area (Å²) in [6, 6.07) is 0. The Morgan fingerprint density at radius 2 is 2.45 bits per heavy atom. The van der Waals surface area contributed by atoms with Gasteiger partial charge in [-0.05, 0) is 34.8 Å². The summed E-state index contributed by atoms with van der Waals surface area (Å²) in [5.74, 6) is 0.741. The van der Waals surface area contributed by atoms with Gasteiger partial charge in [0.25, 0.3) is 0 Å². The largest absolute Gasteiger partial charge is 0.490 e. The van der Waals surface area contributed by atoms with Crippen molar-refractivity contribution in [1.82, 2.24) is 0 Å². The van der Waals surface area contributed by atoms with E-state index in [2.05, 4.69) is 15.9 Å². The van der Waals surface area contributed by atoms with E-state index in [4.69, 9.17) is 4.74 Å². The van der Waals surface area contributed by atoms with Crippen molar-refractivity contribution >= 4 is 15.9 Å². The van der Waals surface area contributed by atoms with Gasteiger partial charge in [0, 0.05) is 0 Å². The zero-order chi connectivity index (χ0) is 8.10. The van der Waals surface area contributed by atoms with Crippen molar-refractivity contribution < 1.29 is 9.13 Å².